The minimum absolute atomic E-state index is 0.302. The van der Waals surface area contributed by atoms with E-state index in [0.717, 1.165) is 11.3 Å². The molecular weight excluding hydrogens is 460 g/mol. The first kappa shape index (κ1) is 23.4. The van der Waals surface area contributed by atoms with E-state index in [1.807, 2.05) is 30.3 Å². The number of rotatable bonds is 10. The molecule has 1 saturated carbocycles. The van der Waals surface area contributed by atoms with Crippen molar-refractivity contribution < 1.29 is 24.0 Å². The van der Waals surface area contributed by atoms with Gasteiger partial charge in [-0.25, -0.2) is 4.79 Å². The summed E-state index contributed by atoms with van der Waals surface area (Å²) in [5.41, 5.74) is 2.06. The third kappa shape index (κ3) is 5.26. The zero-order chi connectivity index (χ0) is 24.1. The number of carboxylic acids is 1. The van der Waals surface area contributed by atoms with Gasteiger partial charge in [0.1, 0.15) is 11.8 Å². The van der Waals surface area contributed by atoms with Gasteiger partial charge in [0.05, 0.1) is 11.6 Å². The van der Waals surface area contributed by atoms with Crippen LogP contribution < -0.4 is 16.0 Å². The first-order chi connectivity index (χ1) is 16.4. The number of ether oxygens (including phenoxy) is 1. The fourth-order valence-electron chi connectivity index (χ4n) is 3.67. The molecule has 1 aliphatic rings. The molecule has 10 heteroatoms. The average molecular weight is 485 g/mol. The molecule has 0 bridgehead atoms. The summed E-state index contributed by atoms with van der Waals surface area (Å²) in [5, 5.41) is 22.6. The lowest BCUT2D eigenvalue weighted by Gasteiger charge is -2.15. The zero-order valence-corrected chi connectivity index (χ0v) is 19.3. The lowest BCUT2D eigenvalue weighted by atomic mass is 9.96. The molecule has 1 amide bonds. The Bertz CT molecular complexity index is 1160. The molecule has 4 N–H and O–H groups in total. The van der Waals surface area contributed by atoms with Crippen molar-refractivity contribution in [2.75, 3.05) is 29.0 Å². The number of benzene rings is 2. The second-order valence-electron chi connectivity index (χ2n) is 8.08. The molecule has 9 nitrogen and oxygen atoms in total. The van der Waals surface area contributed by atoms with Crippen LogP contribution in [-0.2, 0) is 14.9 Å². The minimum Gasteiger partial charge on any atom is -0.481 e. The molecule has 0 aliphatic heterocycles. The molecule has 1 atom stereocenters. The summed E-state index contributed by atoms with van der Waals surface area (Å²) in [4.78, 5) is 23.7. The number of carbonyl (C=O) groups is 2. The summed E-state index contributed by atoms with van der Waals surface area (Å²) in [6.07, 6.45) is 1.54. The lowest BCUT2D eigenvalue weighted by Crippen LogP contribution is -2.19. The number of aromatic nitrogens is 1. The van der Waals surface area contributed by atoms with E-state index < -0.39 is 23.6 Å². The maximum Gasteiger partial charge on any atom is 0.412 e. The van der Waals surface area contributed by atoms with Crippen molar-refractivity contribution in [1.82, 2.24) is 5.16 Å². The van der Waals surface area contributed by atoms with Gasteiger partial charge in [0.15, 0.2) is 0 Å². The Morgan fingerprint density at radius 3 is 2.53 bits per heavy atom. The zero-order valence-electron chi connectivity index (χ0n) is 18.5. The number of nitrogens with zero attached hydrogens (tertiary/aromatic N) is 1. The van der Waals surface area contributed by atoms with E-state index in [1.165, 1.54) is 6.20 Å². The van der Waals surface area contributed by atoms with Crippen molar-refractivity contribution in [2.24, 2.45) is 0 Å². The number of hydrogen-bond donors (Lipinski definition) is 4. The number of amides is 1. The smallest absolute Gasteiger partial charge is 0.412 e. The fraction of sp³-hybridized carbons (Fsp3) is 0.292. The third-order valence-corrected chi connectivity index (χ3v) is 6.11. The van der Waals surface area contributed by atoms with Crippen LogP contribution in [0.25, 0.3) is 0 Å². The summed E-state index contributed by atoms with van der Waals surface area (Å²) >= 11 is 6.15. The van der Waals surface area contributed by atoms with Gasteiger partial charge in [-0.1, -0.05) is 47.1 Å². The van der Waals surface area contributed by atoms with E-state index in [9.17, 15) is 14.7 Å². The van der Waals surface area contributed by atoms with Gasteiger partial charge >= 0.3 is 12.1 Å². The van der Waals surface area contributed by atoms with Crippen molar-refractivity contribution in [3.8, 4) is 0 Å². The number of aliphatic carboxylic acids is 1. The highest BCUT2D eigenvalue weighted by atomic mass is 35.5. The number of halogens is 1. The summed E-state index contributed by atoms with van der Waals surface area (Å²) in [5.74, 6) is -0.465. The highest BCUT2D eigenvalue weighted by Gasteiger charge is 2.51. The Morgan fingerprint density at radius 2 is 1.85 bits per heavy atom. The summed E-state index contributed by atoms with van der Waals surface area (Å²) in [7, 11) is 0. The third-order valence-electron chi connectivity index (χ3n) is 5.77. The molecule has 0 spiro atoms. The second kappa shape index (κ2) is 10.0. The largest absolute Gasteiger partial charge is 0.481 e. The van der Waals surface area contributed by atoms with Crippen molar-refractivity contribution in [3.05, 3.63) is 70.9 Å². The molecule has 1 unspecified atom stereocenters. The molecule has 4 rings (SSSR count). The van der Waals surface area contributed by atoms with E-state index in [4.69, 9.17) is 20.9 Å². The van der Waals surface area contributed by atoms with Crippen molar-refractivity contribution in [1.29, 1.82) is 0 Å². The molecule has 1 aliphatic carbocycles. The van der Waals surface area contributed by atoms with E-state index in [2.05, 4.69) is 21.1 Å². The van der Waals surface area contributed by atoms with Crippen LogP contribution in [0.1, 0.15) is 37.0 Å². The SMILES string of the molecule is CC(OC(=O)Nc1cnoc1NCCNc1ccc(C2(C(=O)O)CC2)cc1)c1ccccc1Cl. The number of hydrogen-bond acceptors (Lipinski definition) is 7. The van der Waals surface area contributed by atoms with Crippen LogP contribution in [0.15, 0.2) is 59.3 Å². The second-order valence-corrected chi connectivity index (χ2v) is 8.49. The van der Waals surface area contributed by atoms with Crippen LogP contribution >= 0.6 is 11.6 Å². The van der Waals surface area contributed by atoms with Crippen LogP contribution in [0.3, 0.4) is 0 Å². The van der Waals surface area contributed by atoms with Gasteiger partial charge in [-0.2, -0.15) is 0 Å². The lowest BCUT2D eigenvalue weighted by molar-refractivity contribution is -0.140. The first-order valence-corrected chi connectivity index (χ1v) is 11.3. The Kier molecular flexibility index (Phi) is 6.93. The van der Waals surface area contributed by atoms with E-state index in [0.29, 0.717) is 48.1 Å². The Balaban J connectivity index is 1.23. The Labute approximate surface area is 201 Å². The molecule has 1 fully saturated rings. The normalized spacial score (nSPS) is 14.6. The molecule has 1 heterocycles. The van der Waals surface area contributed by atoms with Gasteiger partial charge in [0.2, 0.25) is 5.88 Å². The molecule has 2 aromatic carbocycles. The predicted octanol–water partition coefficient (Wildman–Crippen LogP) is 5.28. The predicted molar refractivity (Wildman–Crippen MR) is 128 cm³/mol. The molecule has 0 radical (unpaired) electrons. The molecule has 178 valence electrons. The Morgan fingerprint density at radius 1 is 1.15 bits per heavy atom. The highest BCUT2D eigenvalue weighted by molar-refractivity contribution is 6.31. The number of anilines is 3. The summed E-state index contributed by atoms with van der Waals surface area (Å²) in [6, 6.07) is 14.6. The molecule has 1 aromatic heterocycles. The molecule has 0 saturated heterocycles. The van der Waals surface area contributed by atoms with Gasteiger partial charge in [0, 0.05) is 29.4 Å². The van der Waals surface area contributed by atoms with Crippen molar-refractivity contribution >= 4 is 40.9 Å². The van der Waals surface area contributed by atoms with E-state index in [1.54, 1.807) is 25.1 Å². The molecule has 3 aromatic rings. The number of carbonyl (C=O) groups excluding carboxylic acids is 1. The summed E-state index contributed by atoms with van der Waals surface area (Å²) < 4.78 is 10.6. The standard InChI is InChI=1S/C24H25ClN4O5/c1-15(18-4-2-3-5-19(18)25)33-23(32)29-20-14-28-34-21(20)27-13-12-26-17-8-6-16(7-9-17)24(10-11-24)22(30)31/h2-9,14-15,26-27H,10-13H2,1H3,(H,29,32)(H,30,31). The van der Waals surface area contributed by atoms with Crippen LogP contribution in [0.2, 0.25) is 5.02 Å². The van der Waals surface area contributed by atoms with E-state index in [-0.39, 0.29) is 0 Å². The Hall–Kier alpha value is -3.72. The van der Waals surface area contributed by atoms with Gasteiger partial charge < -0.3 is 25.0 Å². The first-order valence-electron chi connectivity index (χ1n) is 10.9. The van der Waals surface area contributed by atoms with Crippen LogP contribution in [0.5, 0.6) is 0 Å². The highest BCUT2D eigenvalue weighted by Crippen LogP contribution is 2.48. The average Bonchev–Trinajstić information content (AvgIpc) is 3.53. The van der Waals surface area contributed by atoms with Crippen LogP contribution in [0, 0.1) is 0 Å². The minimum atomic E-state index is -0.768. The quantitative estimate of drug-likeness (QED) is 0.286. The summed E-state index contributed by atoms with van der Waals surface area (Å²) in [6.45, 7) is 2.77. The number of carboxylic acid groups (broad SMARTS) is 1. The van der Waals surface area contributed by atoms with Gasteiger partial charge in [0.25, 0.3) is 0 Å². The van der Waals surface area contributed by atoms with Gasteiger partial charge in [-0.3, -0.25) is 10.1 Å². The maximum atomic E-state index is 12.3. The van der Waals surface area contributed by atoms with Crippen LogP contribution in [-0.4, -0.2) is 35.4 Å². The van der Waals surface area contributed by atoms with Crippen molar-refractivity contribution in [3.63, 3.8) is 0 Å². The van der Waals surface area contributed by atoms with Gasteiger partial charge in [-0.05, 0) is 43.5 Å². The molecule has 34 heavy (non-hydrogen) atoms. The molecular formula is C24H25ClN4O5. The fourth-order valence-corrected chi connectivity index (χ4v) is 3.95. The maximum absolute atomic E-state index is 12.3. The topological polar surface area (TPSA) is 126 Å². The van der Waals surface area contributed by atoms with E-state index >= 15 is 0 Å². The monoisotopic (exact) mass is 484 g/mol. The van der Waals surface area contributed by atoms with Crippen molar-refractivity contribution in [2.45, 2.75) is 31.3 Å². The number of nitrogens with one attached hydrogen (secondary N) is 3. The van der Waals surface area contributed by atoms with Crippen LogP contribution in [0.4, 0.5) is 22.1 Å². The van der Waals surface area contributed by atoms with Gasteiger partial charge in [-0.15, -0.1) is 0 Å².